The third-order valence-electron chi connectivity index (χ3n) is 3.75. The molecule has 0 bridgehead atoms. The monoisotopic (exact) mass is 294 g/mol. The van der Waals surface area contributed by atoms with E-state index in [0.29, 0.717) is 19.0 Å². The van der Waals surface area contributed by atoms with E-state index in [4.69, 9.17) is 5.73 Å². The maximum Gasteiger partial charge on any atom is 0.236 e. The van der Waals surface area contributed by atoms with Crippen molar-refractivity contribution >= 4 is 16.1 Å². The molecule has 2 unspecified atom stereocenters. The zero-order chi connectivity index (χ0) is 14.6. The summed E-state index contributed by atoms with van der Waals surface area (Å²) in [5, 5.41) is 1.29. The van der Waals surface area contributed by atoms with Crippen LogP contribution in [0.15, 0.2) is 35.7 Å². The highest BCUT2D eigenvalue weighted by Crippen LogP contribution is 2.25. The number of nitrogens with two attached hydrogens (primary N) is 1. The molecular weight excluding hydrogens is 272 g/mol. The van der Waals surface area contributed by atoms with Crippen LogP contribution in [0.1, 0.15) is 25.3 Å². The van der Waals surface area contributed by atoms with Crippen LogP contribution in [0, 0.1) is 5.92 Å². The predicted molar refractivity (Wildman–Crippen MR) is 82.3 cm³/mol. The fourth-order valence-electron chi connectivity index (χ4n) is 2.59. The molecule has 0 saturated carbocycles. The highest BCUT2D eigenvalue weighted by molar-refractivity contribution is 7.92. The van der Waals surface area contributed by atoms with Gasteiger partial charge in [0.25, 0.3) is 0 Å². The second-order valence-corrected chi connectivity index (χ2v) is 7.16. The van der Waals surface area contributed by atoms with Gasteiger partial charge in [0.2, 0.25) is 10.0 Å². The molecule has 1 aromatic carbocycles. The van der Waals surface area contributed by atoms with E-state index in [-0.39, 0.29) is 6.04 Å². The molecule has 1 saturated heterocycles. The van der Waals surface area contributed by atoms with Gasteiger partial charge in [-0.2, -0.15) is 4.31 Å². The van der Waals surface area contributed by atoms with Gasteiger partial charge in [0.05, 0.1) is 0 Å². The first-order valence-corrected chi connectivity index (χ1v) is 8.48. The Morgan fingerprint density at radius 1 is 1.35 bits per heavy atom. The Balaban J connectivity index is 2.15. The highest BCUT2D eigenvalue weighted by Gasteiger charge is 2.32. The van der Waals surface area contributed by atoms with Gasteiger partial charge in [-0.15, -0.1) is 0 Å². The maximum absolute atomic E-state index is 12.4. The summed E-state index contributed by atoms with van der Waals surface area (Å²) in [4.78, 5) is 0. The van der Waals surface area contributed by atoms with Crippen molar-refractivity contribution in [3.8, 4) is 0 Å². The molecule has 5 heteroatoms. The van der Waals surface area contributed by atoms with E-state index in [1.54, 1.807) is 10.4 Å². The van der Waals surface area contributed by atoms with E-state index in [0.717, 1.165) is 18.4 Å². The Labute approximate surface area is 121 Å². The third-order valence-corrected chi connectivity index (χ3v) is 5.37. The van der Waals surface area contributed by atoms with Crippen molar-refractivity contribution in [2.75, 3.05) is 13.1 Å². The summed E-state index contributed by atoms with van der Waals surface area (Å²) in [6, 6.07) is 9.36. The average molecular weight is 294 g/mol. The van der Waals surface area contributed by atoms with Crippen molar-refractivity contribution in [3.63, 3.8) is 0 Å². The van der Waals surface area contributed by atoms with Gasteiger partial charge in [-0.3, -0.25) is 0 Å². The standard InChI is InChI=1S/C15H22N2O2S/c1-13-7-9-17(15(11-13)12-16)20(18,19)10-8-14-5-3-2-4-6-14/h2-6,8,10,13,15H,7,9,11-12,16H2,1H3/b10-8+. The molecule has 1 heterocycles. The molecule has 4 nitrogen and oxygen atoms in total. The summed E-state index contributed by atoms with van der Waals surface area (Å²) < 4.78 is 26.4. The fourth-order valence-corrected chi connectivity index (χ4v) is 4.02. The van der Waals surface area contributed by atoms with E-state index in [1.165, 1.54) is 5.41 Å². The molecule has 1 aliphatic rings. The van der Waals surface area contributed by atoms with Crippen molar-refractivity contribution in [2.24, 2.45) is 11.7 Å². The Kier molecular flexibility index (Phi) is 4.96. The van der Waals surface area contributed by atoms with Crippen LogP contribution in [0.2, 0.25) is 0 Å². The van der Waals surface area contributed by atoms with Crippen LogP contribution in [-0.2, 0) is 10.0 Å². The lowest BCUT2D eigenvalue weighted by Gasteiger charge is -2.36. The molecule has 1 aromatic rings. The molecule has 0 amide bonds. The molecule has 2 rings (SSSR count). The lowest BCUT2D eigenvalue weighted by molar-refractivity contribution is 0.213. The Bertz CT molecular complexity index is 554. The van der Waals surface area contributed by atoms with Gasteiger partial charge in [-0.05, 0) is 30.4 Å². The normalized spacial score (nSPS) is 25.1. The van der Waals surface area contributed by atoms with Crippen LogP contribution in [0.3, 0.4) is 0 Å². The number of rotatable bonds is 4. The number of sulfonamides is 1. The number of piperidine rings is 1. The zero-order valence-electron chi connectivity index (χ0n) is 11.8. The molecule has 0 radical (unpaired) electrons. The Morgan fingerprint density at radius 2 is 2.05 bits per heavy atom. The summed E-state index contributed by atoms with van der Waals surface area (Å²) in [5.41, 5.74) is 6.61. The van der Waals surface area contributed by atoms with Crippen LogP contribution < -0.4 is 5.73 Å². The van der Waals surface area contributed by atoms with Crippen LogP contribution in [-0.4, -0.2) is 31.9 Å². The first kappa shape index (κ1) is 15.2. The van der Waals surface area contributed by atoms with E-state index < -0.39 is 10.0 Å². The van der Waals surface area contributed by atoms with Crippen LogP contribution >= 0.6 is 0 Å². The zero-order valence-corrected chi connectivity index (χ0v) is 12.6. The molecule has 1 aliphatic heterocycles. The summed E-state index contributed by atoms with van der Waals surface area (Å²) >= 11 is 0. The lowest BCUT2D eigenvalue weighted by atomic mass is 9.94. The van der Waals surface area contributed by atoms with E-state index in [2.05, 4.69) is 6.92 Å². The summed E-state index contributed by atoms with van der Waals surface area (Å²) in [6.07, 6.45) is 3.38. The Morgan fingerprint density at radius 3 is 2.70 bits per heavy atom. The van der Waals surface area contributed by atoms with Crippen molar-refractivity contribution < 1.29 is 8.42 Å². The molecular formula is C15H22N2O2S. The molecule has 2 N–H and O–H groups in total. The largest absolute Gasteiger partial charge is 0.329 e. The van der Waals surface area contributed by atoms with Crippen LogP contribution in [0.5, 0.6) is 0 Å². The Hall–Kier alpha value is -1.17. The van der Waals surface area contributed by atoms with Crippen molar-refractivity contribution in [1.82, 2.24) is 4.31 Å². The topological polar surface area (TPSA) is 63.4 Å². The molecule has 20 heavy (non-hydrogen) atoms. The van der Waals surface area contributed by atoms with Crippen molar-refractivity contribution in [2.45, 2.75) is 25.8 Å². The molecule has 2 atom stereocenters. The van der Waals surface area contributed by atoms with E-state index >= 15 is 0 Å². The third kappa shape index (κ3) is 3.69. The minimum absolute atomic E-state index is 0.0795. The number of benzene rings is 1. The van der Waals surface area contributed by atoms with Gasteiger partial charge in [0, 0.05) is 24.5 Å². The van der Waals surface area contributed by atoms with E-state index in [9.17, 15) is 8.42 Å². The second-order valence-electron chi connectivity index (χ2n) is 5.39. The molecule has 0 aliphatic carbocycles. The first-order chi connectivity index (χ1) is 9.53. The lowest BCUT2D eigenvalue weighted by Crippen LogP contribution is -2.48. The summed E-state index contributed by atoms with van der Waals surface area (Å²) in [7, 11) is -3.39. The quantitative estimate of drug-likeness (QED) is 0.924. The SMILES string of the molecule is CC1CCN(S(=O)(=O)/C=C/c2ccccc2)C(CN)C1. The van der Waals surface area contributed by atoms with Gasteiger partial charge in [-0.25, -0.2) is 8.42 Å². The molecule has 110 valence electrons. The van der Waals surface area contributed by atoms with Gasteiger partial charge in [-0.1, -0.05) is 37.3 Å². The van der Waals surface area contributed by atoms with Crippen molar-refractivity contribution in [3.05, 3.63) is 41.3 Å². The first-order valence-electron chi connectivity index (χ1n) is 6.98. The highest BCUT2D eigenvalue weighted by atomic mass is 32.2. The number of hydrogen-bond acceptors (Lipinski definition) is 3. The number of nitrogens with zero attached hydrogens (tertiary/aromatic N) is 1. The van der Waals surface area contributed by atoms with Crippen LogP contribution in [0.4, 0.5) is 0 Å². The molecule has 0 spiro atoms. The van der Waals surface area contributed by atoms with Gasteiger partial charge in [0.1, 0.15) is 0 Å². The van der Waals surface area contributed by atoms with E-state index in [1.807, 2.05) is 30.3 Å². The fraction of sp³-hybridized carbons (Fsp3) is 0.467. The molecule has 0 aromatic heterocycles. The maximum atomic E-state index is 12.4. The number of hydrogen-bond donors (Lipinski definition) is 1. The van der Waals surface area contributed by atoms with Crippen LogP contribution in [0.25, 0.3) is 6.08 Å². The summed E-state index contributed by atoms with van der Waals surface area (Å²) in [6.45, 7) is 3.08. The predicted octanol–water partition coefficient (Wildman–Crippen LogP) is 2.05. The minimum Gasteiger partial charge on any atom is -0.329 e. The minimum atomic E-state index is -3.39. The second kappa shape index (κ2) is 6.52. The molecule has 1 fully saturated rings. The van der Waals surface area contributed by atoms with Gasteiger partial charge in [0.15, 0.2) is 0 Å². The summed E-state index contributed by atoms with van der Waals surface area (Å²) in [5.74, 6) is 0.535. The van der Waals surface area contributed by atoms with Gasteiger partial charge >= 0.3 is 0 Å². The average Bonchev–Trinajstić information content (AvgIpc) is 2.46. The van der Waals surface area contributed by atoms with Gasteiger partial charge < -0.3 is 5.73 Å². The smallest absolute Gasteiger partial charge is 0.236 e. The van der Waals surface area contributed by atoms with Crippen molar-refractivity contribution in [1.29, 1.82) is 0 Å².